The van der Waals surface area contributed by atoms with Crippen LogP contribution in [0.5, 0.6) is 5.75 Å². The van der Waals surface area contributed by atoms with Gasteiger partial charge in [0.15, 0.2) is 0 Å². The van der Waals surface area contributed by atoms with Crippen LogP contribution in [0.4, 0.5) is 10.5 Å². The number of carbonyl (C=O) groups is 3. The number of nitrogens with zero attached hydrogens (tertiary/aromatic N) is 1. The summed E-state index contributed by atoms with van der Waals surface area (Å²) in [5.41, 5.74) is 0.986. The number of phenolic OH excluding ortho intramolecular Hbond substituents is 1. The Labute approximate surface area is 224 Å². The number of ether oxygens (including phenoxy) is 1. The van der Waals surface area contributed by atoms with Crippen LogP contribution >= 0.6 is 11.6 Å². The molecule has 2 rings (SSSR count). The average molecular weight is 532 g/mol. The highest BCUT2D eigenvalue weighted by Crippen LogP contribution is 2.30. The predicted octanol–water partition coefficient (Wildman–Crippen LogP) is 5.82. The fourth-order valence-electron chi connectivity index (χ4n) is 3.85. The Morgan fingerprint density at radius 3 is 2.22 bits per heavy atom. The van der Waals surface area contributed by atoms with E-state index in [4.69, 9.17) is 16.3 Å². The summed E-state index contributed by atoms with van der Waals surface area (Å²) in [7, 11) is 0. The number of amides is 3. The van der Waals surface area contributed by atoms with E-state index in [0.717, 1.165) is 5.56 Å². The Kier molecular flexibility index (Phi) is 10.4. The first kappa shape index (κ1) is 30.0. The normalized spacial score (nSPS) is 13.0. The second-order valence-corrected chi connectivity index (χ2v) is 10.7. The number of hydrogen-bond acceptors (Lipinski definition) is 5. The maximum absolute atomic E-state index is 13.9. The van der Waals surface area contributed by atoms with Crippen molar-refractivity contribution < 1.29 is 24.2 Å². The van der Waals surface area contributed by atoms with Crippen molar-refractivity contribution in [2.75, 3.05) is 11.9 Å². The minimum atomic E-state index is -1.05. The molecule has 0 fully saturated rings. The van der Waals surface area contributed by atoms with E-state index in [1.165, 1.54) is 17.0 Å². The molecule has 37 heavy (non-hydrogen) atoms. The first-order valence-electron chi connectivity index (χ1n) is 12.4. The first-order valence-corrected chi connectivity index (χ1v) is 12.8. The van der Waals surface area contributed by atoms with Crippen LogP contribution in [0.1, 0.15) is 65.1 Å². The summed E-state index contributed by atoms with van der Waals surface area (Å²) in [6.45, 7) is 12.8. The number of rotatable bonds is 9. The van der Waals surface area contributed by atoms with Gasteiger partial charge in [-0.15, -0.1) is 0 Å². The Morgan fingerprint density at radius 2 is 1.70 bits per heavy atom. The van der Waals surface area contributed by atoms with Crippen molar-refractivity contribution in [3.63, 3.8) is 0 Å². The Hall–Kier alpha value is -3.26. The van der Waals surface area contributed by atoms with Gasteiger partial charge >= 0.3 is 6.09 Å². The molecule has 2 aromatic rings. The van der Waals surface area contributed by atoms with Crippen LogP contribution in [0, 0.1) is 12.8 Å². The second kappa shape index (κ2) is 12.8. The molecule has 202 valence electrons. The third-order valence-corrected chi connectivity index (χ3v) is 5.91. The zero-order valence-corrected chi connectivity index (χ0v) is 23.3. The number of para-hydroxylation sites is 1. The third-order valence-electron chi connectivity index (χ3n) is 5.59. The van der Waals surface area contributed by atoms with Gasteiger partial charge in [0.2, 0.25) is 5.91 Å². The maximum atomic E-state index is 13.9. The monoisotopic (exact) mass is 531 g/mol. The summed E-state index contributed by atoms with van der Waals surface area (Å²) in [5, 5.41) is 15.8. The molecule has 8 nitrogen and oxygen atoms in total. The van der Waals surface area contributed by atoms with Gasteiger partial charge < -0.3 is 25.4 Å². The van der Waals surface area contributed by atoms with Crippen molar-refractivity contribution in [1.29, 1.82) is 0 Å². The molecule has 0 spiro atoms. The molecule has 0 aliphatic heterocycles. The van der Waals surface area contributed by atoms with Gasteiger partial charge in [0, 0.05) is 6.54 Å². The molecular formula is C28H38ClN3O5. The quantitative estimate of drug-likeness (QED) is 0.378. The number of hydrogen-bond donors (Lipinski definition) is 3. The maximum Gasteiger partial charge on any atom is 0.408 e. The number of alkyl carbamates (subject to hydrolysis) is 1. The molecule has 2 aromatic carbocycles. The molecule has 0 aliphatic carbocycles. The minimum Gasteiger partial charge on any atom is -0.508 e. The molecule has 3 amide bonds. The number of carbonyl (C=O) groups excluding carboxylic acids is 3. The van der Waals surface area contributed by atoms with E-state index >= 15 is 0 Å². The third kappa shape index (κ3) is 8.39. The van der Waals surface area contributed by atoms with E-state index in [9.17, 15) is 19.5 Å². The summed E-state index contributed by atoms with van der Waals surface area (Å²) in [6, 6.07) is 9.42. The minimum absolute atomic E-state index is 0.0323. The van der Waals surface area contributed by atoms with E-state index in [0.29, 0.717) is 22.7 Å². The molecule has 0 saturated heterocycles. The largest absolute Gasteiger partial charge is 0.508 e. The van der Waals surface area contributed by atoms with Crippen molar-refractivity contribution in [1.82, 2.24) is 10.2 Å². The Morgan fingerprint density at radius 1 is 1.08 bits per heavy atom. The number of benzene rings is 2. The summed E-state index contributed by atoms with van der Waals surface area (Å²) < 4.78 is 5.38. The van der Waals surface area contributed by atoms with Gasteiger partial charge in [0.05, 0.1) is 10.7 Å². The zero-order chi connectivity index (χ0) is 27.9. The first-order chi connectivity index (χ1) is 17.2. The van der Waals surface area contributed by atoms with Crippen LogP contribution in [-0.2, 0) is 14.3 Å². The van der Waals surface area contributed by atoms with Gasteiger partial charge in [0.25, 0.3) is 5.91 Å². The van der Waals surface area contributed by atoms with Gasteiger partial charge in [-0.3, -0.25) is 9.59 Å². The van der Waals surface area contributed by atoms with Gasteiger partial charge in [-0.25, -0.2) is 4.79 Å². The fraction of sp³-hybridized carbons (Fsp3) is 0.464. The van der Waals surface area contributed by atoms with Gasteiger partial charge in [-0.2, -0.15) is 0 Å². The number of halogens is 1. The van der Waals surface area contributed by atoms with Crippen LogP contribution in [0.3, 0.4) is 0 Å². The van der Waals surface area contributed by atoms with Crippen molar-refractivity contribution in [2.45, 2.75) is 72.6 Å². The molecule has 0 saturated carbocycles. The molecule has 2 unspecified atom stereocenters. The molecule has 0 heterocycles. The molecule has 3 N–H and O–H groups in total. The lowest BCUT2D eigenvalue weighted by molar-refractivity contribution is -0.141. The van der Waals surface area contributed by atoms with Crippen molar-refractivity contribution in [3.8, 4) is 5.75 Å². The highest BCUT2D eigenvalue weighted by atomic mass is 35.5. The molecule has 0 aliphatic rings. The van der Waals surface area contributed by atoms with Crippen LogP contribution in [0.25, 0.3) is 0 Å². The lowest BCUT2D eigenvalue weighted by Gasteiger charge is -2.35. The number of nitrogens with one attached hydrogen (secondary N) is 2. The topological polar surface area (TPSA) is 108 Å². The highest BCUT2D eigenvalue weighted by molar-refractivity contribution is 6.34. The summed E-state index contributed by atoms with van der Waals surface area (Å²) in [4.78, 5) is 41.8. The smallest absolute Gasteiger partial charge is 0.408 e. The summed E-state index contributed by atoms with van der Waals surface area (Å²) in [5.74, 6) is -1.14. The van der Waals surface area contributed by atoms with E-state index in [1.807, 2.05) is 33.8 Å². The van der Waals surface area contributed by atoms with E-state index in [-0.39, 0.29) is 18.2 Å². The average Bonchev–Trinajstić information content (AvgIpc) is 2.79. The Balaban J connectivity index is 2.51. The fourth-order valence-corrected chi connectivity index (χ4v) is 4.11. The summed E-state index contributed by atoms with van der Waals surface area (Å²) in [6.07, 6.45) is -0.149. The van der Waals surface area contributed by atoms with Gasteiger partial charge in [0.1, 0.15) is 23.4 Å². The van der Waals surface area contributed by atoms with Crippen molar-refractivity contribution >= 4 is 35.2 Å². The molecule has 0 radical (unpaired) electrons. The van der Waals surface area contributed by atoms with E-state index < -0.39 is 35.6 Å². The molecule has 9 heteroatoms. The lowest BCUT2D eigenvalue weighted by Crippen LogP contribution is -2.54. The number of aromatic hydroxyl groups is 1. The van der Waals surface area contributed by atoms with Gasteiger partial charge in [-0.1, -0.05) is 56.6 Å². The molecule has 0 aromatic heterocycles. The Bertz CT molecular complexity index is 1080. The zero-order valence-electron chi connectivity index (χ0n) is 22.6. The lowest BCUT2D eigenvalue weighted by atomic mass is 9.98. The molecule has 2 atom stereocenters. The van der Waals surface area contributed by atoms with Gasteiger partial charge in [-0.05, 0) is 69.4 Å². The standard InChI is InChI=1S/C28H38ClN3O5/c1-8-16-32(26(35)22(17(2)3)31-27(36)37-28(5,6)7)24(19-12-14-20(33)15-13-19)25(34)30-23-18(4)10-9-11-21(23)29/h9-15,17,22,24,33H,8,16H2,1-7H3,(H,30,34)(H,31,36). The highest BCUT2D eigenvalue weighted by Gasteiger charge is 2.37. The molecular weight excluding hydrogens is 494 g/mol. The van der Waals surface area contributed by atoms with E-state index in [1.54, 1.807) is 45.0 Å². The van der Waals surface area contributed by atoms with Crippen molar-refractivity contribution in [2.24, 2.45) is 5.92 Å². The number of phenols is 1. The SMILES string of the molecule is CCCN(C(=O)C(NC(=O)OC(C)(C)C)C(C)C)C(C(=O)Nc1c(C)cccc1Cl)c1ccc(O)cc1. The van der Waals surface area contributed by atoms with Crippen molar-refractivity contribution in [3.05, 3.63) is 58.6 Å². The summed E-state index contributed by atoms with van der Waals surface area (Å²) >= 11 is 6.36. The van der Waals surface area contributed by atoms with E-state index in [2.05, 4.69) is 10.6 Å². The second-order valence-electron chi connectivity index (χ2n) is 10.3. The molecule has 0 bridgehead atoms. The number of aryl methyl sites for hydroxylation is 1. The number of anilines is 1. The van der Waals surface area contributed by atoms with Crippen LogP contribution in [0.2, 0.25) is 5.02 Å². The van der Waals surface area contributed by atoms with Crippen LogP contribution in [0.15, 0.2) is 42.5 Å². The predicted molar refractivity (Wildman–Crippen MR) is 146 cm³/mol. The van der Waals surface area contributed by atoms with Crippen LogP contribution < -0.4 is 10.6 Å². The van der Waals surface area contributed by atoms with Crippen LogP contribution in [-0.4, -0.2) is 46.1 Å².